The summed E-state index contributed by atoms with van der Waals surface area (Å²) in [6, 6.07) is 12.5. The fraction of sp³-hybridized carbons (Fsp3) is 0.0625. The minimum atomic E-state index is -0.486. The first kappa shape index (κ1) is 14.8. The van der Waals surface area contributed by atoms with Gasteiger partial charge in [-0.05, 0) is 35.4 Å². The van der Waals surface area contributed by atoms with Gasteiger partial charge in [0.15, 0.2) is 0 Å². The van der Waals surface area contributed by atoms with Gasteiger partial charge in [0.05, 0.1) is 0 Å². The summed E-state index contributed by atoms with van der Waals surface area (Å²) < 4.78 is 4.96. The van der Waals surface area contributed by atoms with E-state index in [-0.39, 0.29) is 0 Å². The number of carbonyl (C=O) groups is 1. The predicted octanol–water partition coefficient (Wildman–Crippen LogP) is 4.74. The largest absolute Gasteiger partial charge is 0.339 e. The van der Waals surface area contributed by atoms with E-state index in [1.807, 2.05) is 12.1 Å². The molecule has 0 aliphatic carbocycles. The van der Waals surface area contributed by atoms with E-state index in [4.69, 9.17) is 27.7 Å². The van der Waals surface area contributed by atoms with Gasteiger partial charge in [-0.25, -0.2) is 0 Å². The normalized spacial score (nSPS) is 10.7. The Labute approximate surface area is 136 Å². The van der Waals surface area contributed by atoms with Crippen LogP contribution in [0.2, 0.25) is 5.02 Å². The van der Waals surface area contributed by atoms with Gasteiger partial charge in [-0.2, -0.15) is 4.98 Å². The van der Waals surface area contributed by atoms with Crippen molar-refractivity contribution in [3.63, 3.8) is 0 Å². The number of halogens is 2. The van der Waals surface area contributed by atoms with Gasteiger partial charge in [0.2, 0.25) is 11.7 Å². The number of benzene rings is 2. The second-order valence-corrected chi connectivity index (χ2v) is 5.43. The maximum Gasteiger partial charge on any atom is 0.252 e. The van der Waals surface area contributed by atoms with E-state index in [2.05, 4.69) is 10.1 Å². The molecule has 0 radical (unpaired) electrons. The van der Waals surface area contributed by atoms with E-state index >= 15 is 0 Å². The van der Waals surface area contributed by atoms with Crippen LogP contribution in [0.15, 0.2) is 47.0 Å². The lowest BCUT2D eigenvalue weighted by molar-refractivity contribution is 0.108. The second-order valence-electron chi connectivity index (χ2n) is 4.68. The molecule has 0 saturated heterocycles. The summed E-state index contributed by atoms with van der Waals surface area (Å²) in [5.74, 6) is 0.991. The highest BCUT2D eigenvalue weighted by atomic mass is 35.5. The van der Waals surface area contributed by atoms with E-state index in [9.17, 15) is 4.79 Å². The zero-order chi connectivity index (χ0) is 15.7. The lowest BCUT2D eigenvalue weighted by atomic mass is 10.0. The van der Waals surface area contributed by atoms with Crippen LogP contribution in [0.25, 0.3) is 22.5 Å². The molecule has 0 saturated carbocycles. The van der Waals surface area contributed by atoms with Gasteiger partial charge in [-0.3, -0.25) is 4.79 Å². The Hall–Kier alpha value is -2.17. The number of hydrogen-bond donors (Lipinski definition) is 0. The van der Waals surface area contributed by atoms with Crippen molar-refractivity contribution in [2.75, 3.05) is 0 Å². The second kappa shape index (κ2) is 5.91. The van der Waals surface area contributed by atoms with Crippen molar-refractivity contribution >= 4 is 28.4 Å². The first-order chi connectivity index (χ1) is 10.5. The average molecular weight is 333 g/mol. The fourth-order valence-electron chi connectivity index (χ4n) is 2.09. The van der Waals surface area contributed by atoms with Gasteiger partial charge in [0.1, 0.15) is 0 Å². The molecule has 3 aromatic rings. The Morgan fingerprint density at radius 3 is 2.32 bits per heavy atom. The molecule has 4 nitrogen and oxygen atoms in total. The van der Waals surface area contributed by atoms with Crippen LogP contribution in [-0.2, 0) is 0 Å². The average Bonchev–Trinajstić information content (AvgIpc) is 2.94. The summed E-state index contributed by atoms with van der Waals surface area (Å²) >= 11 is 11.8. The summed E-state index contributed by atoms with van der Waals surface area (Å²) in [7, 11) is 0. The first-order valence-electron chi connectivity index (χ1n) is 6.45. The van der Waals surface area contributed by atoms with Crippen LogP contribution in [0.1, 0.15) is 16.2 Å². The van der Waals surface area contributed by atoms with Crippen molar-refractivity contribution in [2.24, 2.45) is 0 Å². The Morgan fingerprint density at radius 2 is 1.77 bits per heavy atom. The molecular formula is C16H10Cl2N2O2. The van der Waals surface area contributed by atoms with Crippen molar-refractivity contribution in [3.8, 4) is 22.5 Å². The molecular weight excluding hydrogens is 323 g/mol. The SMILES string of the molecule is Cc1nc(-c2ccc(-c3ccc(C(=O)Cl)cc3)c(Cl)c2)no1. The molecule has 1 aromatic heterocycles. The number of hydrogen-bond acceptors (Lipinski definition) is 4. The predicted molar refractivity (Wildman–Crippen MR) is 85.1 cm³/mol. The molecule has 0 bridgehead atoms. The third kappa shape index (κ3) is 2.89. The summed E-state index contributed by atoms with van der Waals surface area (Å²) in [6.07, 6.45) is 0. The molecule has 0 aliphatic rings. The Balaban J connectivity index is 1.96. The number of aryl methyl sites for hydroxylation is 1. The van der Waals surface area contributed by atoms with Crippen molar-refractivity contribution in [3.05, 3.63) is 58.9 Å². The Bertz CT molecular complexity index is 842. The Kier molecular flexibility index (Phi) is 3.96. The van der Waals surface area contributed by atoms with Crippen molar-refractivity contribution in [2.45, 2.75) is 6.92 Å². The molecule has 22 heavy (non-hydrogen) atoms. The maximum atomic E-state index is 11.1. The van der Waals surface area contributed by atoms with E-state index in [0.29, 0.717) is 22.3 Å². The van der Waals surface area contributed by atoms with Gasteiger partial charge in [-0.15, -0.1) is 0 Å². The lowest BCUT2D eigenvalue weighted by Crippen LogP contribution is -1.89. The molecule has 110 valence electrons. The van der Waals surface area contributed by atoms with Crippen LogP contribution < -0.4 is 0 Å². The smallest absolute Gasteiger partial charge is 0.252 e. The maximum absolute atomic E-state index is 11.1. The standard InChI is InChI=1S/C16H10Cl2N2O2/c1-9-19-16(20-22-9)12-6-7-13(14(17)8-12)10-2-4-11(5-3-10)15(18)21/h2-8H,1H3. The minimum Gasteiger partial charge on any atom is -0.339 e. The number of carbonyl (C=O) groups excluding carboxylic acids is 1. The quantitative estimate of drug-likeness (QED) is 0.649. The van der Waals surface area contributed by atoms with E-state index < -0.39 is 5.24 Å². The van der Waals surface area contributed by atoms with Crippen molar-refractivity contribution in [1.29, 1.82) is 0 Å². The van der Waals surface area contributed by atoms with Gasteiger partial charge < -0.3 is 4.52 Å². The third-order valence-electron chi connectivity index (χ3n) is 3.18. The molecule has 0 unspecified atom stereocenters. The molecule has 0 amide bonds. The molecule has 0 spiro atoms. The minimum absolute atomic E-state index is 0.445. The topological polar surface area (TPSA) is 56.0 Å². The summed E-state index contributed by atoms with van der Waals surface area (Å²) in [4.78, 5) is 15.2. The third-order valence-corrected chi connectivity index (χ3v) is 3.71. The molecule has 0 atom stereocenters. The molecule has 2 aromatic carbocycles. The van der Waals surface area contributed by atoms with E-state index in [0.717, 1.165) is 16.7 Å². The van der Waals surface area contributed by atoms with Gasteiger partial charge >= 0.3 is 0 Å². The molecule has 0 aliphatic heterocycles. The zero-order valence-corrected chi connectivity index (χ0v) is 13.0. The van der Waals surface area contributed by atoms with Crippen LogP contribution >= 0.6 is 23.2 Å². The molecule has 3 rings (SSSR count). The van der Waals surface area contributed by atoms with Crippen LogP contribution in [0.5, 0.6) is 0 Å². The molecule has 0 N–H and O–H groups in total. The number of rotatable bonds is 3. The van der Waals surface area contributed by atoms with Gasteiger partial charge in [-0.1, -0.05) is 41.0 Å². The van der Waals surface area contributed by atoms with Gasteiger partial charge in [0.25, 0.3) is 5.24 Å². The van der Waals surface area contributed by atoms with Crippen LogP contribution in [0.4, 0.5) is 0 Å². The first-order valence-corrected chi connectivity index (χ1v) is 7.20. The van der Waals surface area contributed by atoms with E-state index in [1.165, 1.54) is 0 Å². The van der Waals surface area contributed by atoms with Crippen molar-refractivity contribution < 1.29 is 9.32 Å². The van der Waals surface area contributed by atoms with E-state index in [1.54, 1.807) is 37.3 Å². The summed E-state index contributed by atoms with van der Waals surface area (Å²) in [6.45, 7) is 1.73. The monoisotopic (exact) mass is 332 g/mol. The fourth-order valence-corrected chi connectivity index (χ4v) is 2.50. The van der Waals surface area contributed by atoms with Crippen LogP contribution in [-0.4, -0.2) is 15.4 Å². The lowest BCUT2D eigenvalue weighted by Gasteiger charge is -2.06. The van der Waals surface area contributed by atoms with Crippen molar-refractivity contribution in [1.82, 2.24) is 10.1 Å². The number of aromatic nitrogens is 2. The highest BCUT2D eigenvalue weighted by Crippen LogP contribution is 2.31. The number of nitrogens with zero attached hydrogens (tertiary/aromatic N) is 2. The Morgan fingerprint density at radius 1 is 1.09 bits per heavy atom. The molecule has 6 heteroatoms. The van der Waals surface area contributed by atoms with Gasteiger partial charge in [0, 0.05) is 28.6 Å². The summed E-state index contributed by atoms with van der Waals surface area (Å²) in [5, 5.41) is 3.94. The zero-order valence-electron chi connectivity index (χ0n) is 11.5. The van der Waals surface area contributed by atoms with Crippen LogP contribution in [0.3, 0.4) is 0 Å². The molecule has 1 heterocycles. The summed E-state index contributed by atoms with van der Waals surface area (Å²) in [5.41, 5.74) is 2.96. The highest BCUT2D eigenvalue weighted by Gasteiger charge is 2.10. The van der Waals surface area contributed by atoms with Crippen LogP contribution in [0, 0.1) is 6.92 Å². The highest BCUT2D eigenvalue weighted by molar-refractivity contribution is 6.67. The molecule has 0 fully saturated rings.